The largest absolute Gasteiger partial charge is 0.347 e. The van der Waals surface area contributed by atoms with Crippen molar-refractivity contribution in [3.8, 4) is 0 Å². The Morgan fingerprint density at radius 2 is 1.71 bits per heavy atom. The number of hydrogen-bond donors (Lipinski definition) is 0. The molecule has 0 aromatic carbocycles. The van der Waals surface area contributed by atoms with Gasteiger partial charge in [0.15, 0.2) is 0 Å². The summed E-state index contributed by atoms with van der Waals surface area (Å²) in [4.78, 5) is 9.45. The van der Waals surface area contributed by atoms with E-state index in [0.29, 0.717) is 11.8 Å². The van der Waals surface area contributed by atoms with E-state index in [2.05, 4.69) is 52.4 Å². The molecule has 2 rings (SSSR count). The maximum Gasteiger partial charge on any atom is 0.131 e. The fourth-order valence-corrected chi connectivity index (χ4v) is 2.19. The van der Waals surface area contributed by atoms with Gasteiger partial charge in [0.25, 0.3) is 0 Å². The molecule has 0 N–H and O–H groups in total. The van der Waals surface area contributed by atoms with E-state index >= 15 is 0 Å². The number of nitrogens with zero attached hydrogens (tertiary/aromatic N) is 3. The molecule has 3 nitrogen and oxygen atoms in total. The molecule has 0 fully saturated rings. The van der Waals surface area contributed by atoms with Gasteiger partial charge < -0.3 is 4.57 Å². The second kappa shape index (κ2) is 4.13. The minimum atomic E-state index is 0.372. The summed E-state index contributed by atoms with van der Waals surface area (Å²) in [5, 5.41) is 0. The fraction of sp³-hybridized carbons (Fsp3) is 0.571. The Hall–Kier alpha value is -1.38. The first kappa shape index (κ1) is 12.1. The molecular weight excluding hydrogens is 210 g/mol. The lowest BCUT2D eigenvalue weighted by Gasteiger charge is -2.12. The number of aryl methyl sites for hydroxylation is 2. The van der Waals surface area contributed by atoms with E-state index in [9.17, 15) is 0 Å². The molecule has 17 heavy (non-hydrogen) atoms. The molecule has 0 atom stereocenters. The van der Waals surface area contributed by atoms with E-state index in [1.165, 1.54) is 11.1 Å². The highest BCUT2D eigenvalue weighted by Gasteiger charge is 2.16. The first-order chi connectivity index (χ1) is 7.91. The third kappa shape index (κ3) is 1.94. The minimum Gasteiger partial charge on any atom is -0.347 e. The molecule has 3 heteroatoms. The van der Waals surface area contributed by atoms with Crippen LogP contribution in [-0.2, 0) is 7.05 Å². The molecule has 0 bridgehead atoms. The summed E-state index contributed by atoms with van der Waals surface area (Å²) in [6, 6.07) is 0. The van der Waals surface area contributed by atoms with E-state index in [-0.39, 0.29) is 0 Å². The molecule has 0 unspecified atom stereocenters. The summed E-state index contributed by atoms with van der Waals surface area (Å²) >= 11 is 0. The van der Waals surface area contributed by atoms with E-state index < -0.39 is 0 Å². The number of fused-ring (bicyclic) bond motifs is 1. The molecule has 0 aliphatic rings. The summed E-state index contributed by atoms with van der Waals surface area (Å²) in [6.07, 6.45) is 2.13. The second-order valence-electron chi connectivity index (χ2n) is 5.40. The van der Waals surface area contributed by atoms with Gasteiger partial charge in [-0.2, -0.15) is 0 Å². The topological polar surface area (TPSA) is 30.7 Å². The third-order valence-electron chi connectivity index (χ3n) is 3.11. The molecule has 0 saturated heterocycles. The van der Waals surface area contributed by atoms with Crippen LogP contribution in [0.15, 0.2) is 6.20 Å². The quantitative estimate of drug-likeness (QED) is 0.791. The van der Waals surface area contributed by atoms with E-state index in [0.717, 1.165) is 17.0 Å². The Balaban J connectivity index is 2.83. The smallest absolute Gasteiger partial charge is 0.131 e. The summed E-state index contributed by atoms with van der Waals surface area (Å²) in [5.41, 5.74) is 4.68. The Bertz CT molecular complexity index is 550. The van der Waals surface area contributed by atoms with Crippen molar-refractivity contribution in [1.82, 2.24) is 14.5 Å². The third-order valence-corrected chi connectivity index (χ3v) is 3.11. The first-order valence-corrected chi connectivity index (χ1v) is 6.25. The molecule has 2 aromatic rings. The second-order valence-corrected chi connectivity index (χ2v) is 5.40. The van der Waals surface area contributed by atoms with E-state index in [1.54, 1.807) is 0 Å². The maximum absolute atomic E-state index is 4.74. The Morgan fingerprint density at radius 3 is 2.24 bits per heavy atom. The van der Waals surface area contributed by atoms with Gasteiger partial charge in [-0.1, -0.05) is 27.7 Å². The molecular formula is C14H21N3. The molecule has 0 amide bonds. The monoisotopic (exact) mass is 231 g/mol. The van der Waals surface area contributed by atoms with E-state index in [4.69, 9.17) is 9.97 Å². The van der Waals surface area contributed by atoms with Crippen LogP contribution in [0.3, 0.4) is 0 Å². The van der Waals surface area contributed by atoms with Crippen LogP contribution in [0, 0.1) is 6.92 Å². The van der Waals surface area contributed by atoms with Crippen LogP contribution in [0.1, 0.15) is 56.6 Å². The van der Waals surface area contributed by atoms with Crippen molar-refractivity contribution < 1.29 is 0 Å². The van der Waals surface area contributed by atoms with Gasteiger partial charge in [-0.25, -0.2) is 9.97 Å². The van der Waals surface area contributed by atoms with Gasteiger partial charge in [0.1, 0.15) is 5.82 Å². The Kier molecular flexibility index (Phi) is 2.94. The van der Waals surface area contributed by atoms with Crippen LogP contribution in [0.2, 0.25) is 0 Å². The van der Waals surface area contributed by atoms with Crippen LogP contribution < -0.4 is 0 Å². The predicted octanol–water partition coefficient (Wildman–Crippen LogP) is 3.52. The molecule has 0 radical (unpaired) electrons. The summed E-state index contributed by atoms with van der Waals surface area (Å²) < 4.78 is 2.14. The van der Waals surface area contributed by atoms with Gasteiger partial charge in [-0.3, -0.25) is 0 Å². The minimum absolute atomic E-state index is 0.372. The average molecular weight is 231 g/mol. The molecule has 0 aliphatic heterocycles. The van der Waals surface area contributed by atoms with Gasteiger partial charge in [0, 0.05) is 19.2 Å². The standard InChI is InChI=1S/C14H21N3/c1-8(2)11-13-12(10(5)7-17(13)6)16-14(15-11)9(3)4/h7-9H,1-6H3. The Labute approximate surface area is 103 Å². The van der Waals surface area contributed by atoms with Crippen molar-refractivity contribution >= 4 is 11.0 Å². The van der Waals surface area contributed by atoms with Crippen LogP contribution in [-0.4, -0.2) is 14.5 Å². The summed E-state index contributed by atoms with van der Waals surface area (Å²) in [6.45, 7) is 10.8. The number of rotatable bonds is 2. The first-order valence-electron chi connectivity index (χ1n) is 6.25. The lowest BCUT2D eigenvalue weighted by Crippen LogP contribution is -2.05. The van der Waals surface area contributed by atoms with E-state index in [1.807, 2.05) is 0 Å². The molecule has 0 saturated carbocycles. The van der Waals surface area contributed by atoms with Gasteiger partial charge in [0.2, 0.25) is 0 Å². The molecule has 92 valence electrons. The summed E-state index contributed by atoms with van der Waals surface area (Å²) in [5.74, 6) is 1.75. The molecule has 0 spiro atoms. The van der Waals surface area contributed by atoms with Crippen LogP contribution in [0.5, 0.6) is 0 Å². The van der Waals surface area contributed by atoms with Crippen molar-refractivity contribution in [2.75, 3.05) is 0 Å². The Morgan fingerprint density at radius 1 is 1.06 bits per heavy atom. The lowest BCUT2D eigenvalue weighted by atomic mass is 10.1. The SMILES string of the molecule is Cc1cn(C)c2c(C(C)C)nc(C(C)C)nc12. The maximum atomic E-state index is 4.74. The molecule has 0 aliphatic carbocycles. The van der Waals surface area contributed by atoms with Crippen molar-refractivity contribution in [2.24, 2.45) is 7.05 Å². The highest BCUT2D eigenvalue weighted by Crippen LogP contribution is 2.27. The van der Waals surface area contributed by atoms with Gasteiger partial charge in [0.05, 0.1) is 16.7 Å². The lowest BCUT2D eigenvalue weighted by molar-refractivity contribution is 0.737. The van der Waals surface area contributed by atoms with Gasteiger partial charge in [-0.05, 0) is 18.4 Å². The van der Waals surface area contributed by atoms with Crippen molar-refractivity contribution in [3.05, 3.63) is 23.3 Å². The predicted molar refractivity (Wildman–Crippen MR) is 71.4 cm³/mol. The fourth-order valence-electron chi connectivity index (χ4n) is 2.19. The van der Waals surface area contributed by atoms with Crippen molar-refractivity contribution in [3.63, 3.8) is 0 Å². The normalized spacial score (nSPS) is 12.0. The van der Waals surface area contributed by atoms with Crippen LogP contribution in [0.4, 0.5) is 0 Å². The number of aromatic nitrogens is 3. The zero-order valence-corrected chi connectivity index (χ0v) is 11.6. The zero-order valence-electron chi connectivity index (χ0n) is 11.6. The highest BCUT2D eigenvalue weighted by molar-refractivity contribution is 5.82. The van der Waals surface area contributed by atoms with Crippen LogP contribution in [0.25, 0.3) is 11.0 Å². The summed E-state index contributed by atoms with van der Waals surface area (Å²) in [7, 11) is 2.07. The highest BCUT2D eigenvalue weighted by atomic mass is 15.0. The zero-order chi connectivity index (χ0) is 12.7. The van der Waals surface area contributed by atoms with Crippen molar-refractivity contribution in [1.29, 1.82) is 0 Å². The van der Waals surface area contributed by atoms with Crippen LogP contribution >= 0.6 is 0 Å². The van der Waals surface area contributed by atoms with Gasteiger partial charge >= 0.3 is 0 Å². The molecule has 2 aromatic heterocycles. The van der Waals surface area contributed by atoms with Crippen molar-refractivity contribution in [2.45, 2.75) is 46.5 Å². The number of hydrogen-bond acceptors (Lipinski definition) is 2. The van der Waals surface area contributed by atoms with Gasteiger partial charge in [-0.15, -0.1) is 0 Å². The average Bonchev–Trinajstić information content (AvgIpc) is 2.53. The molecule has 2 heterocycles.